The molecule has 1 atom stereocenters. The number of halogens is 4. The molecule has 0 saturated heterocycles. The lowest BCUT2D eigenvalue weighted by atomic mass is 10.1. The number of nitrogens with one attached hydrogen (secondary N) is 1. The van der Waals surface area contributed by atoms with Gasteiger partial charge in [0.25, 0.3) is 0 Å². The molecule has 2 aromatic rings. The SMILES string of the molecule is [N-]=[N+]=NC[C@H](NCCCc1ccccc1Cl)c1cccc(OCC(F)(F)F)c1. The highest BCUT2D eigenvalue weighted by atomic mass is 35.5. The average molecular weight is 413 g/mol. The number of benzene rings is 2. The van der Waals surface area contributed by atoms with Crippen LogP contribution in [0.5, 0.6) is 5.75 Å². The van der Waals surface area contributed by atoms with Gasteiger partial charge in [-0.3, -0.25) is 0 Å². The average Bonchev–Trinajstić information content (AvgIpc) is 2.67. The highest BCUT2D eigenvalue weighted by Crippen LogP contribution is 2.23. The van der Waals surface area contributed by atoms with Crippen LogP contribution in [-0.4, -0.2) is 25.9 Å². The van der Waals surface area contributed by atoms with Gasteiger partial charge in [0.15, 0.2) is 6.61 Å². The normalized spacial score (nSPS) is 12.3. The number of hydrogen-bond donors (Lipinski definition) is 1. The first-order valence-corrected chi connectivity index (χ1v) is 9.04. The fourth-order valence-corrected chi connectivity index (χ4v) is 2.88. The Morgan fingerprint density at radius 3 is 2.68 bits per heavy atom. The molecular weight excluding hydrogens is 393 g/mol. The molecule has 28 heavy (non-hydrogen) atoms. The molecule has 0 radical (unpaired) electrons. The van der Waals surface area contributed by atoms with Crippen LogP contribution in [0.1, 0.15) is 23.6 Å². The van der Waals surface area contributed by atoms with Crippen molar-refractivity contribution in [3.8, 4) is 5.75 Å². The summed E-state index contributed by atoms with van der Waals surface area (Å²) in [4.78, 5) is 2.77. The van der Waals surface area contributed by atoms with Crippen LogP contribution in [-0.2, 0) is 6.42 Å². The molecule has 2 aromatic carbocycles. The van der Waals surface area contributed by atoms with Gasteiger partial charge in [0.2, 0.25) is 0 Å². The van der Waals surface area contributed by atoms with E-state index >= 15 is 0 Å². The van der Waals surface area contributed by atoms with Gasteiger partial charge in [0.05, 0.1) is 0 Å². The summed E-state index contributed by atoms with van der Waals surface area (Å²) in [6.07, 6.45) is -2.84. The van der Waals surface area contributed by atoms with Crippen molar-refractivity contribution in [1.29, 1.82) is 0 Å². The molecule has 0 aliphatic carbocycles. The molecule has 0 heterocycles. The summed E-state index contributed by atoms with van der Waals surface area (Å²) in [5.41, 5.74) is 10.3. The van der Waals surface area contributed by atoms with E-state index < -0.39 is 12.8 Å². The summed E-state index contributed by atoms with van der Waals surface area (Å²) >= 11 is 6.14. The Morgan fingerprint density at radius 1 is 1.18 bits per heavy atom. The van der Waals surface area contributed by atoms with Crippen molar-refractivity contribution in [2.75, 3.05) is 19.7 Å². The predicted octanol–water partition coefficient (Wildman–Crippen LogP) is 5.85. The molecule has 0 spiro atoms. The van der Waals surface area contributed by atoms with Crippen molar-refractivity contribution >= 4 is 11.6 Å². The lowest BCUT2D eigenvalue weighted by Crippen LogP contribution is -2.25. The topological polar surface area (TPSA) is 70.0 Å². The number of azide groups is 1. The van der Waals surface area contributed by atoms with Crippen LogP contribution >= 0.6 is 11.6 Å². The van der Waals surface area contributed by atoms with Crippen LogP contribution < -0.4 is 10.1 Å². The molecule has 2 rings (SSSR count). The Kier molecular flexibility index (Phi) is 8.44. The maximum atomic E-state index is 12.3. The minimum atomic E-state index is -4.41. The van der Waals surface area contributed by atoms with Gasteiger partial charge in [-0.2, -0.15) is 13.2 Å². The standard InChI is InChI=1S/C19H20ClF3N4O/c20-17-9-2-1-5-14(17)7-4-10-25-18(12-26-27-24)15-6-3-8-16(11-15)28-13-19(21,22)23/h1-3,5-6,8-9,11,18,25H,4,7,10,12-13H2/t18-/m0/s1. The van der Waals surface area contributed by atoms with Gasteiger partial charge in [0, 0.05) is 22.5 Å². The van der Waals surface area contributed by atoms with Crippen molar-refractivity contribution in [3.05, 3.63) is 75.1 Å². The molecular formula is C19H20ClF3N4O. The van der Waals surface area contributed by atoms with Crippen molar-refractivity contribution < 1.29 is 17.9 Å². The number of aryl methyl sites for hydroxylation is 1. The predicted molar refractivity (Wildman–Crippen MR) is 103 cm³/mol. The van der Waals surface area contributed by atoms with E-state index in [-0.39, 0.29) is 18.3 Å². The number of ether oxygens (including phenoxy) is 1. The maximum absolute atomic E-state index is 12.3. The van der Waals surface area contributed by atoms with Crippen LogP contribution in [0.2, 0.25) is 5.02 Å². The van der Waals surface area contributed by atoms with E-state index in [9.17, 15) is 13.2 Å². The fourth-order valence-electron chi connectivity index (χ4n) is 2.65. The second kappa shape index (κ2) is 10.8. The minimum Gasteiger partial charge on any atom is -0.484 e. The Balaban J connectivity index is 1.96. The van der Waals surface area contributed by atoms with E-state index in [2.05, 4.69) is 15.3 Å². The van der Waals surface area contributed by atoms with Crippen molar-refractivity contribution in [3.63, 3.8) is 0 Å². The summed E-state index contributed by atoms with van der Waals surface area (Å²) in [5, 5.41) is 7.58. The molecule has 0 aromatic heterocycles. The number of alkyl halides is 3. The van der Waals surface area contributed by atoms with Gasteiger partial charge >= 0.3 is 6.18 Å². The van der Waals surface area contributed by atoms with Crippen LogP contribution in [0, 0.1) is 0 Å². The maximum Gasteiger partial charge on any atom is 0.422 e. The number of rotatable bonds is 10. The van der Waals surface area contributed by atoms with Crippen molar-refractivity contribution in [2.45, 2.75) is 25.1 Å². The second-order valence-electron chi connectivity index (χ2n) is 6.09. The summed E-state index contributed by atoms with van der Waals surface area (Å²) < 4.78 is 41.8. The molecule has 0 bridgehead atoms. The van der Waals surface area contributed by atoms with Gasteiger partial charge in [-0.05, 0) is 54.2 Å². The van der Waals surface area contributed by atoms with Gasteiger partial charge in [-0.25, -0.2) is 0 Å². The molecule has 150 valence electrons. The minimum absolute atomic E-state index is 0.110. The zero-order valence-corrected chi connectivity index (χ0v) is 15.7. The highest BCUT2D eigenvalue weighted by Gasteiger charge is 2.28. The van der Waals surface area contributed by atoms with E-state index in [0.29, 0.717) is 17.1 Å². The van der Waals surface area contributed by atoms with Crippen LogP contribution in [0.3, 0.4) is 0 Å². The molecule has 0 saturated carbocycles. The van der Waals surface area contributed by atoms with Crippen LogP contribution in [0.15, 0.2) is 53.6 Å². The van der Waals surface area contributed by atoms with Gasteiger partial charge < -0.3 is 10.1 Å². The third kappa shape index (κ3) is 7.68. The number of hydrogen-bond acceptors (Lipinski definition) is 3. The second-order valence-corrected chi connectivity index (χ2v) is 6.50. The summed E-state index contributed by atoms with van der Waals surface area (Å²) in [6.45, 7) is -0.613. The lowest BCUT2D eigenvalue weighted by Gasteiger charge is -2.18. The monoisotopic (exact) mass is 412 g/mol. The Morgan fingerprint density at radius 2 is 1.96 bits per heavy atom. The Bertz CT molecular complexity index is 810. The quantitative estimate of drug-likeness (QED) is 0.230. The van der Waals surface area contributed by atoms with Crippen molar-refractivity contribution in [2.24, 2.45) is 5.11 Å². The number of nitrogens with zero attached hydrogens (tertiary/aromatic N) is 3. The van der Waals surface area contributed by atoms with Gasteiger partial charge in [0.1, 0.15) is 5.75 Å². The third-order valence-electron chi connectivity index (χ3n) is 3.96. The molecule has 0 aliphatic heterocycles. The first kappa shape index (κ1) is 21.9. The molecule has 5 nitrogen and oxygen atoms in total. The first-order chi connectivity index (χ1) is 13.4. The molecule has 0 fully saturated rings. The Labute approximate surface area is 166 Å². The molecule has 1 N–H and O–H groups in total. The van der Waals surface area contributed by atoms with E-state index in [1.807, 2.05) is 24.3 Å². The van der Waals surface area contributed by atoms with Gasteiger partial charge in [-0.15, -0.1) is 0 Å². The molecule has 0 amide bonds. The molecule has 0 unspecified atom stereocenters. The third-order valence-corrected chi connectivity index (χ3v) is 4.33. The van der Waals surface area contributed by atoms with E-state index in [4.69, 9.17) is 21.9 Å². The van der Waals surface area contributed by atoms with E-state index in [0.717, 1.165) is 18.4 Å². The smallest absolute Gasteiger partial charge is 0.422 e. The van der Waals surface area contributed by atoms with E-state index in [1.165, 1.54) is 12.1 Å². The summed E-state index contributed by atoms with van der Waals surface area (Å²) in [5.74, 6) is 0.110. The largest absolute Gasteiger partial charge is 0.484 e. The summed E-state index contributed by atoms with van der Waals surface area (Å²) in [6, 6.07) is 13.6. The zero-order chi connectivity index (χ0) is 20.4. The fraction of sp³-hybridized carbons (Fsp3) is 0.368. The van der Waals surface area contributed by atoms with Crippen molar-refractivity contribution in [1.82, 2.24) is 5.32 Å². The van der Waals surface area contributed by atoms with E-state index in [1.54, 1.807) is 12.1 Å². The Hall–Kier alpha value is -2.41. The molecule has 9 heteroatoms. The van der Waals surface area contributed by atoms with Gasteiger partial charge in [-0.1, -0.05) is 47.0 Å². The highest BCUT2D eigenvalue weighted by molar-refractivity contribution is 6.31. The van der Waals surface area contributed by atoms with Crippen LogP contribution in [0.4, 0.5) is 13.2 Å². The lowest BCUT2D eigenvalue weighted by molar-refractivity contribution is -0.153. The first-order valence-electron chi connectivity index (χ1n) is 8.66. The summed E-state index contributed by atoms with van der Waals surface area (Å²) in [7, 11) is 0. The van der Waals surface area contributed by atoms with Crippen LogP contribution in [0.25, 0.3) is 10.4 Å². The molecule has 0 aliphatic rings. The zero-order valence-electron chi connectivity index (χ0n) is 15.0.